The SMILES string of the molecule is CCc1cc(N2CCC(c3nc(-c4ccccc4)no3)CC2)nc(-c2ccncc2)n1. The number of pyridine rings is 1. The van der Waals surface area contributed by atoms with Gasteiger partial charge in [0.2, 0.25) is 11.7 Å². The summed E-state index contributed by atoms with van der Waals surface area (Å²) in [6.45, 7) is 3.90. The minimum atomic E-state index is 0.272. The van der Waals surface area contributed by atoms with E-state index in [2.05, 4.69) is 33.0 Å². The second-order valence-corrected chi connectivity index (χ2v) is 7.71. The number of rotatable bonds is 5. The summed E-state index contributed by atoms with van der Waals surface area (Å²) in [6.07, 6.45) is 6.32. The van der Waals surface area contributed by atoms with E-state index >= 15 is 0 Å². The quantitative estimate of drug-likeness (QED) is 0.476. The third-order valence-electron chi connectivity index (χ3n) is 5.71. The summed E-state index contributed by atoms with van der Waals surface area (Å²) < 4.78 is 5.60. The van der Waals surface area contributed by atoms with Crippen LogP contribution in [0.15, 0.2) is 65.4 Å². The summed E-state index contributed by atoms with van der Waals surface area (Å²) in [5.41, 5.74) is 3.01. The maximum Gasteiger partial charge on any atom is 0.230 e. The molecule has 1 aromatic carbocycles. The Morgan fingerprint density at radius 1 is 0.903 bits per heavy atom. The molecule has 7 nitrogen and oxygen atoms in total. The van der Waals surface area contributed by atoms with Gasteiger partial charge in [-0.2, -0.15) is 4.98 Å². The lowest BCUT2D eigenvalue weighted by atomic mass is 9.96. The number of piperidine rings is 1. The first-order chi connectivity index (χ1) is 15.3. The molecule has 1 fully saturated rings. The van der Waals surface area contributed by atoms with Crippen molar-refractivity contribution in [3.63, 3.8) is 0 Å². The fourth-order valence-electron chi connectivity index (χ4n) is 3.92. The molecule has 3 aromatic heterocycles. The molecule has 4 aromatic rings. The fraction of sp³-hybridized carbons (Fsp3) is 0.292. The molecular weight excluding hydrogens is 388 g/mol. The number of anilines is 1. The Morgan fingerprint density at radius 3 is 2.39 bits per heavy atom. The zero-order chi connectivity index (χ0) is 21.0. The van der Waals surface area contributed by atoms with Crippen LogP contribution >= 0.6 is 0 Å². The molecule has 5 rings (SSSR count). The molecular formula is C24H24N6O. The van der Waals surface area contributed by atoms with Crippen molar-refractivity contribution in [3.05, 3.63) is 72.5 Å². The van der Waals surface area contributed by atoms with Gasteiger partial charge in [-0.1, -0.05) is 42.4 Å². The molecule has 0 amide bonds. The van der Waals surface area contributed by atoms with Gasteiger partial charge in [0.05, 0.1) is 0 Å². The topological polar surface area (TPSA) is 80.8 Å². The standard InChI is InChI=1S/C24H24N6O/c1-2-20-16-21(27-22(26-20)18-8-12-25-13-9-18)30-14-10-19(11-15-30)24-28-23(29-31-24)17-6-4-3-5-7-17/h3-9,12-13,16,19H,2,10-11,14-15H2,1H3. The molecule has 0 atom stereocenters. The largest absolute Gasteiger partial charge is 0.356 e. The molecule has 1 aliphatic rings. The number of aryl methyl sites for hydroxylation is 1. The number of aromatic nitrogens is 5. The Hall–Kier alpha value is -3.61. The van der Waals surface area contributed by atoms with Crippen molar-refractivity contribution in [1.82, 2.24) is 25.1 Å². The average molecular weight is 412 g/mol. The second kappa shape index (κ2) is 8.63. The van der Waals surface area contributed by atoms with E-state index in [9.17, 15) is 0 Å². The predicted octanol–water partition coefficient (Wildman–Crippen LogP) is 4.54. The van der Waals surface area contributed by atoms with Gasteiger partial charge >= 0.3 is 0 Å². The van der Waals surface area contributed by atoms with Gasteiger partial charge in [-0.25, -0.2) is 9.97 Å². The van der Waals surface area contributed by atoms with Crippen molar-refractivity contribution in [2.75, 3.05) is 18.0 Å². The van der Waals surface area contributed by atoms with Crippen LogP contribution in [0.2, 0.25) is 0 Å². The highest BCUT2D eigenvalue weighted by Gasteiger charge is 2.26. The molecule has 7 heteroatoms. The highest BCUT2D eigenvalue weighted by Crippen LogP contribution is 2.31. The van der Waals surface area contributed by atoms with Crippen LogP contribution in [0.1, 0.15) is 37.3 Å². The average Bonchev–Trinajstić information content (AvgIpc) is 3.35. The van der Waals surface area contributed by atoms with Gasteiger partial charge in [-0.05, 0) is 31.4 Å². The van der Waals surface area contributed by atoms with Crippen LogP contribution in [0.5, 0.6) is 0 Å². The van der Waals surface area contributed by atoms with Gasteiger partial charge in [0.15, 0.2) is 5.82 Å². The molecule has 156 valence electrons. The fourth-order valence-corrected chi connectivity index (χ4v) is 3.92. The molecule has 1 aliphatic heterocycles. The van der Waals surface area contributed by atoms with Crippen molar-refractivity contribution in [2.45, 2.75) is 32.1 Å². The van der Waals surface area contributed by atoms with Gasteiger partial charge in [-0.3, -0.25) is 4.98 Å². The zero-order valence-corrected chi connectivity index (χ0v) is 17.5. The monoisotopic (exact) mass is 412 g/mol. The maximum absolute atomic E-state index is 5.60. The van der Waals surface area contributed by atoms with Crippen LogP contribution in [0.4, 0.5) is 5.82 Å². The van der Waals surface area contributed by atoms with E-state index in [-0.39, 0.29) is 5.92 Å². The Bertz CT molecular complexity index is 1140. The zero-order valence-electron chi connectivity index (χ0n) is 17.5. The summed E-state index contributed by atoms with van der Waals surface area (Å²) in [4.78, 5) is 20.6. The molecule has 0 aliphatic carbocycles. The van der Waals surface area contributed by atoms with Crippen LogP contribution in [0.25, 0.3) is 22.8 Å². The molecule has 4 heterocycles. The van der Waals surface area contributed by atoms with Gasteiger partial charge in [0.25, 0.3) is 0 Å². The van der Waals surface area contributed by atoms with Crippen molar-refractivity contribution >= 4 is 5.82 Å². The molecule has 0 radical (unpaired) electrons. The van der Waals surface area contributed by atoms with E-state index in [1.54, 1.807) is 12.4 Å². The van der Waals surface area contributed by atoms with E-state index < -0.39 is 0 Å². The van der Waals surface area contributed by atoms with E-state index in [4.69, 9.17) is 14.5 Å². The second-order valence-electron chi connectivity index (χ2n) is 7.71. The summed E-state index contributed by atoms with van der Waals surface area (Å²) >= 11 is 0. The lowest BCUT2D eigenvalue weighted by Gasteiger charge is -2.31. The van der Waals surface area contributed by atoms with E-state index in [0.29, 0.717) is 5.82 Å². The van der Waals surface area contributed by atoms with Crippen LogP contribution in [-0.2, 0) is 6.42 Å². The van der Waals surface area contributed by atoms with Crippen LogP contribution in [0, 0.1) is 0 Å². The van der Waals surface area contributed by atoms with Gasteiger partial charge < -0.3 is 9.42 Å². The Morgan fingerprint density at radius 2 is 1.65 bits per heavy atom. The van der Waals surface area contributed by atoms with E-state index in [1.807, 2.05) is 42.5 Å². The smallest absolute Gasteiger partial charge is 0.230 e. The lowest BCUT2D eigenvalue weighted by Crippen LogP contribution is -2.33. The highest BCUT2D eigenvalue weighted by molar-refractivity contribution is 5.57. The lowest BCUT2D eigenvalue weighted by molar-refractivity contribution is 0.329. The molecule has 0 unspecified atom stereocenters. The van der Waals surface area contributed by atoms with Crippen molar-refractivity contribution in [3.8, 4) is 22.8 Å². The Balaban J connectivity index is 1.31. The predicted molar refractivity (Wildman–Crippen MR) is 119 cm³/mol. The van der Waals surface area contributed by atoms with Crippen molar-refractivity contribution in [2.24, 2.45) is 0 Å². The maximum atomic E-state index is 5.60. The minimum Gasteiger partial charge on any atom is -0.356 e. The minimum absolute atomic E-state index is 0.272. The third-order valence-corrected chi connectivity index (χ3v) is 5.71. The first kappa shape index (κ1) is 19.4. The van der Waals surface area contributed by atoms with Crippen LogP contribution in [0.3, 0.4) is 0 Å². The first-order valence-corrected chi connectivity index (χ1v) is 10.7. The number of benzene rings is 1. The van der Waals surface area contributed by atoms with E-state index in [0.717, 1.165) is 66.7 Å². The summed E-state index contributed by atoms with van der Waals surface area (Å²) in [5.74, 6) is 3.39. The molecule has 0 saturated carbocycles. The first-order valence-electron chi connectivity index (χ1n) is 10.7. The Kier molecular flexibility index (Phi) is 5.39. The molecule has 1 saturated heterocycles. The summed E-state index contributed by atoms with van der Waals surface area (Å²) in [6, 6.07) is 15.9. The molecule has 31 heavy (non-hydrogen) atoms. The summed E-state index contributed by atoms with van der Waals surface area (Å²) in [7, 11) is 0. The van der Waals surface area contributed by atoms with Gasteiger partial charge in [0, 0.05) is 54.3 Å². The summed E-state index contributed by atoms with van der Waals surface area (Å²) in [5, 5.41) is 4.18. The highest BCUT2D eigenvalue weighted by atomic mass is 16.5. The van der Waals surface area contributed by atoms with Gasteiger partial charge in [0.1, 0.15) is 5.82 Å². The normalized spacial score (nSPS) is 14.7. The van der Waals surface area contributed by atoms with Crippen LogP contribution in [-0.4, -0.2) is 38.2 Å². The van der Waals surface area contributed by atoms with Crippen LogP contribution < -0.4 is 4.90 Å². The number of hydrogen-bond donors (Lipinski definition) is 0. The number of nitrogens with zero attached hydrogens (tertiary/aromatic N) is 6. The van der Waals surface area contributed by atoms with Crippen molar-refractivity contribution in [1.29, 1.82) is 0 Å². The van der Waals surface area contributed by atoms with Crippen molar-refractivity contribution < 1.29 is 4.52 Å². The molecule has 0 N–H and O–H groups in total. The van der Waals surface area contributed by atoms with Gasteiger partial charge in [-0.15, -0.1) is 0 Å². The van der Waals surface area contributed by atoms with E-state index in [1.165, 1.54) is 0 Å². The Labute approximate surface area is 181 Å². The third kappa shape index (κ3) is 4.17. The number of hydrogen-bond acceptors (Lipinski definition) is 7. The molecule has 0 bridgehead atoms. The molecule has 0 spiro atoms.